The molecule has 2 saturated heterocycles. The van der Waals surface area contributed by atoms with Gasteiger partial charge in [0.15, 0.2) is 0 Å². The zero-order chi connectivity index (χ0) is 13.3. The van der Waals surface area contributed by atoms with E-state index in [1.807, 2.05) is 4.90 Å². The topological polar surface area (TPSA) is 30.0 Å². The van der Waals surface area contributed by atoms with Gasteiger partial charge in [-0.05, 0) is 21.1 Å². The van der Waals surface area contributed by atoms with E-state index < -0.39 is 0 Å². The quantitative estimate of drug-likeness (QED) is 0.625. The smallest absolute Gasteiger partial charge is 0.219 e. The lowest BCUT2D eigenvalue weighted by atomic mass is 10.00. The molecule has 0 aromatic carbocycles. The van der Waals surface area contributed by atoms with E-state index >= 15 is 0 Å². The summed E-state index contributed by atoms with van der Waals surface area (Å²) in [4.78, 5) is 20.8. The van der Waals surface area contributed by atoms with Crippen LogP contribution in [0.15, 0.2) is 0 Å². The average molecular weight is 254 g/mol. The monoisotopic (exact) mass is 254 g/mol. The van der Waals surface area contributed by atoms with E-state index in [4.69, 9.17) is 0 Å². The van der Waals surface area contributed by atoms with Crippen LogP contribution in [0.4, 0.5) is 0 Å². The van der Waals surface area contributed by atoms with Crippen LogP contribution in [-0.4, -0.2) is 98.0 Å². The molecule has 0 spiro atoms. The van der Waals surface area contributed by atoms with Crippen molar-refractivity contribution in [3.05, 3.63) is 0 Å². The molecule has 18 heavy (non-hydrogen) atoms. The number of hydrogen-bond donors (Lipinski definition) is 0. The van der Waals surface area contributed by atoms with Crippen LogP contribution in [0.3, 0.4) is 0 Å². The number of piperazine rings is 2. The van der Waals surface area contributed by atoms with Crippen LogP contribution in [0.2, 0.25) is 0 Å². The number of carbonyl (C=O) groups is 1. The predicted molar refractivity (Wildman–Crippen MR) is 72.6 cm³/mol. The van der Waals surface area contributed by atoms with Gasteiger partial charge in [0.1, 0.15) is 0 Å². The molecular formula is C13H26N4O. The zero-order valence-corrected chi connectivity index (χ0v) is 12.1. The van der Waals surface area contributed by atoms with Crippen LogP contribution >= 0.6 is 0 Å². The summed E-state index contributed by atoms with van der Waals surface area (Å²) in [7, 11) is 6.58. The Balaban J connectivity index is 2.06. The molecule has 0 aliphatic carbocycles. The van der Waals surface area contributed by atoms with Crippen LogP contribution in [0.25, 0.3) is 0 Å². The SMILES string of the molecule is CC(=O)N1CCN(C)C(C2CN(C)CCN2C)C1. The summed E-state index contributed by atoms with van der Waals surface area (Å²) in [6.45, 7) is 7.75. The molecule has 0 aromatic heterocycles. The van der Waals surface area contributed by atoms with Gasteiger partial charge in [0, 0.05) is 58.3 Å². The fourth-order valence-corrected chi connectivity index (χ4v) is 3.06. The molecule has 2 unspecified atom stereocenters. The average Bonchev–Trinajstić information content (AvgIpc) is 2.33. The Bertz CT molecular complexity index is 309. The molecule has 0 radical (unpaired) electrons. The molecule has 2 fully saturated rings. The first-order valence-corrected chi connectivity index (χ1v) is 6.83. The Morgan fingerprint density at radius 1 is 0.889 bits per heavy atom. The van der Waals surface area contributed by atoms with Crippen molar-refractivity contribution in [1.82, 2.24) is 19.6 Å². The predicted octanol–water partition coefficient (Wildman–Crippen LogP) is -0.605. The van der Waals surface area contributed by atoms with Gasteiger partial charge in [-0.1, -0.05) is 0 Å². The van der Waals surface area contributed by atoms with Gasteiger partial charge < -0.3 is 9.80 Å². The van der Waals surface area contributed by atoms with E-state index in [1.165, 1.54) is 0 Å². The van der Waals surface area contributed by atoms with Gasteiger partial charge in [0.05, 0.1) is 0 Å². The Morgan fingerprint density at radius 2 is 1.44 bits per heavy atom. The lowest BCUT2D eigenvalue weighted by Gasteiger charge is -2.48. The minimum atomic E-state index is 0.208. The van der Waals surface area contributed by atoms with Crippen LogP contribution in [-0.2, 0) is 4.79 Å². The number of nitrogens with zero attached hydrogens (tertiary/aromatic N) is 4. The molecular weight excluding hydrogens is 228 g/mol. The number of likely N-dealkylation sites (N-methyl/N-ethyl adjacent to an activating group) is 3. The van der Waals surface area contributed by atoms with Crippen molar-refractivity contribution in [3.63, 3.8) is 0 Å². The van der Waals surface area contributed by atoms with Gasteiger partial charge in [-0.2, -0.15) is 0 Å². The number of hydrogen-bond acceptors (Lipinski definition) is 4. The summed E-state index contributed by atoms with van der Waals surface area (Å²) in [6, 6.07) is 0.978. The van der Waals surface area contributed by atoms with Gasteiger partial charge in [-0.15, -0.1) is 0 Å². The zero-order valence-electron chi connectivity index (χ0n) is 12.1. The van der Waals surface area contributed by atoms with Gasteiger partial charge in [0.25, 0.3) is 0 Å². The molecule has 104 valence electrons. The van der Waals surface area contributed by atoms with Gasteiger partial charge in [0.2, 0.25) is 5.91 Å². The van der Waals surface area contributed by atoms with E-state index in [9.17, 15) is 4.79 Å². The van der Waals surface area contributed by atoms with Crippen LogP contribution < -0.4 is 0 Å². The van der Waals surface area contributed by atoms with Crippen molar-refractivity contribution in [2.75, 3.05) is 60.4 Å². The molecule has 2 aliphatic heterocycles. The van der Waals surface area contributed by atoms with E-state index in [0.717, 1.165) is 39.3 Å². The number of amides is 1. The maximum atomic E-state index is 11.6. The second kappa shape index (κ2) is 5.55. The van der Waals surface area contributed by atoms with Crippen molar-refractivity contribution in [2.24, 2.45) is 0 Å². The first-order chi connectivity index (χ1) is 8.49. The summed E-state index contributed by atoms with van der Waals surface area (Å²) in [5, 5.41) is 0. The van der Waals surface area contributed by atoms with E-state index in [1.54, 1.807) is 6.92 Å². The maximum absolute atomic E-state index is 11.6. The minimum Gasteiger partial charge on any atom is -0.340 e. The molecule has 2 heterocycles. The minimum absolute atomic E-state index is 0.208. The molecule has 2 rings (SSSR count). The normalized spacial score (nSPS) is 32.8. The highest BCUT2D eigenvalue weighted by Gasteiger charge is 2.36. The molecule has 2 atom stereocenters. The van der Waals surface area contributed by atoms with Gasteiger partial charge in [-0.3, -0.25) is 14.6 Å². The number of carbonyl (C=O) groups excluding carboxylic acids is 1. The fraction of sp³-hybridized carbons (Fsp3) is 0.923. The second-order valence-corrected chi connectivity index (χ2v) is 5.82. The van der Waals surface area contributed by atoms with E-state index in [-0.39, 0.29) is 5.91 Å². The molecule has 0 saturated carbocycles. The molecule has 0 bridgehead atoms. The van der Waals surface area contributed by atoms with Crippen molar-refractivity contribution >= 4 is 5.91 Å². The Morgan fingerprint density at radius 3 is 2.06 bits per heavy atom. The summed E-state index contributed by atoms with van der Waals surface area (Å²) in [5.74, 6) is 0.208. The number of rotatable bonds is 1. The Hall–Kier alpha value is -0.650. The molecule has 5 heteroatoms. The van der Waals surface area contributed by atoms with Gasteiger partial charge in [-0.25, -0.2) is 0 Å². The summed E-state index contributed by atoms with van der Waals surface area (Å²) in [5.41, 5.74) is 0. The highest BCUT2D eigenvalue weighted by molar-refractivity contribution is 5.73. The summed E-state index contributed by atoms with van der Waals surface area (Å²) < 4.78 is 0. The van der Waals surface area contributed by atoms with E-state index in [0.29, 0.717) is 12.1 Å². The summed E-state index contributed by atoms with van der Waals surface area (Å²) >= 11 is 0. The highest BCUT2D eigenvalue weighted by atomic mass is 16.2. The highest BCUT2D eigenvalue weighted by Crippen LogP contribution is 2.18. The fourth-order valence-electron chi connectivity index (χ4n) is 3.06. The third-order valence-corrected chi connectivity index (χ3v) is 4.49. The molecule has 2 aliphatic rings. The lowest BCUT2D eigenvalue weighted by molar-refractivity contribution is -0.132. The van der Waals surface area contributed by atoms with Crippen LogP contribution in [0.1, 0.15) is 6.92 Å². The standard InChI is InChI=1S/C13H26N4O/c1-11(18)17-8-7-16(4)13(10-17)12-9-14(2)5-6-15(12)3/h12-13H,5-10H2,1-4H3. The van der Waals surface area contributed by atoms with Crippen LogP contribution in [0.5, 0.6) is 0 Å². The second-order valence-electron chi connectivity index (χ2n) is 5.82. The molecule has 0 N–H and O–H groups in total. The van der Waals surface area contributed by atoms with Crippen molar-refractivity contribution < 1.29 is 4.79 Å². The lowest BCUT2D eigenvalue weighted by Crippen LogP contribution is -2.65. The Kier molecular flexibility index (Phi) is 4.25. The molecule has 1 amide bonds. The first-order valence-electron chi connectivity index (χ1n) is 6.83. The third kappa shape index (κ3) is 2.84. The van der Waals surface area contributed by atoms with Gasteiger partial charge >= 0.3 is 0 Å². The Labute approximate surface area is 110 Å². The van der Waals surface area contributed by atoms with Crippen molar-refractivity contribution in [2.45, 2.75) is 19.0 Å². The van der Waals surface area contributed by atoms with Crippen molar-refractivity contribution in [3.8, 4) is 0 Å². The maximum Gasteiger partial charge on any atom is 0.219 e. The van der Waals surface area contributed by atoms with Crippen LogP contribution in [0, 0.1) is 0 Å². The van der Waals surface area contributed by atoms with Crippen molar-refractivity contribution in [1.29, 1.82) is 0 Å². The molecule has 0 aromatic rings. The largest absolute Gasteiger partial charge is 0.340 e. The van der Waals surface area contributed by atoms with E-state index in [2.05, 4.69) is 35.8 Å². The molecule has 5 nitrogen and oxygen atoms in total. The first kappa shape index (κ1) is 13.8. The summed E-state index contributed by atoms with van der Waals surface area (Å²) in [6.07, 6.45) is 0. The third-order valence-electron chi connectivity index (χ3n) is 4.49.